The number of fused-ring (bicyclic) bond motifs is 1. The van der Waals surface area contributed by atoms with E-state index in [-0.39, 0.29) is 5.69 Å². The van der Waals surface area contributed by atoms with Crippen molar-refractivity contribution in [2.24, 2.45) is 7.05 Å². The SMILES string of the molecule is COC(=O)c1c(C#N)c2cc(OC)ccc2n1C. The number of rotatable bonds is 2. The molecule has 0 aliphatic carbocycles. The monoisotopic (exact) mass is 244 g/mol. The number of esters is 1. The van der Waals surface area contributed by atoms with E-state index >= 15 is 0 Å². The molecule has 2 aromatic rings. The molecule has 1 aromatic heterocycles. The lowest BCUT2D eigenvalue weighted by atomic mass is 10.1. The summed E-state index contributed by atoms with van der Waals surface area (Å²) in [4.78, 5) is 11.7. The van der Waals surface area contributed by atoms with Crippen molar-refractivity contribution in [1.82, 2.24) is 4.57 Å². The minimum atomic E-state index is -0.524. The first-order valence-electron chi connectivity index (χ1n) is 5.28. The van der Waals surface area contributed by atoms with Crippen LogP contribution in [-0.4, -0.2) is 24.8 Å². The number of aromatic nitrogens is 1. The maximum absolute atomic E-state index is 11.7. The van der Waals surface area contributed by atoms with Crippen molar-refractivity contribution in [2.45, 2.75) is 0 Å². The molecule has 0 N–H and O–H groups in total. The van der Waals surface area contributed by atoms with E-state index in [2.05, 4.69) is 0 Å². The standard InChI is InChI=1S/C13H12N2O3/c1-15-11-5-4-8(17-2)6-9(11)10(7-14)12(15)13(16)18-3/h4-6H,1-3H3. The van der Waals surface area contributed by atoms with Crippen LogP contribution in [0.3, 0.4) is 0 Å². The fourth-order valence-electron chi connectivity index (χ4n) is 2.00. The van der Waals surface area contributed by atoms with E-state index in [0.29, 0.717) is 16.7 Å². The van der Waals surface area contributed by atoms with Crippen LogP contribution >= 0.6 is 0 Å². The van der Waals surface area contributed by atoms with E-state index in [9.17, 15) is 10.1 Å². The van der Waals surface area contributed by atoms with Gasteiger partial charge < -0.3 is 14.0 Å². The minimum absolute atomic E-state index is 0.253. The topological polar surface area (TPSA) is 64.2 Å². The number of carbonyl (C=O) groups is 1. The normalized spacial score (nSPS) is 10.1. The molecule has 0 aliphatic rings. The van der Waals surface area contributed by atoms with E-state index < -0.39 is 5.97 Å². The third-order valence-corrected chi connectivity index (χ3v) is 2.90. The summed E-state index contributed by atoms with van der Waals surface area (Å²) in [7, 11) is 4.57. The van der Waals surface area contributed by atoms with E-state index in [0.717, 1.165) is 5.52 Å². The lowest BCUT2D eigenvalue weighted by molar-refractivity contribution is 0.0590. The van der Waals surface area contributed by atoms with Crippen LogP contribution in [0, 0.1) is 11.3 Å². The number of hydrogen-bond acceptors (Lipinski definition) is 4. The predicted octanol–water partition coefficient (Wildman–Crippen LogP) is 1.85. The van der Waals surface area contributed by atoms with Crippen LogP contribution in [0.2, 0.25) is 0 Å². The molecular weight excluding hydrogens is 232 g/mol. The van der Waals surface area contributed by atoms with Crippen LogP contribution in [0.15, 0.2) is 18.2 Å². The lowest BCUT2D eigenvalue weighted by Crippen LogP contribution is -2.09. The Balaban J connectivity index is 2.84. The largest absolute Gasteiger partial charge is 0.497 e. The van der Waals surface area contributed by atoms with Gasteiger partial charge in [0.15, 0.2) is 0 Å². The molecule has 1 heterocycles. The summed E-state index contributed by atoms with van der Waals surface area (Å²) >= 11 is 0. The Hall–Kier alpha value is -2.48. The zero-order valence-corrected chi connectivity index (χ0v) is 10.4. The Bertz CT molecular complexity index is 665. The van der Waals surface area contributed by atoms with Gasteiger partial charge in [-0.1, -0.05) is 0 Å². The molecule has 0 saturated heterocycles. The number of nitrogens with zero attached hydrogens (tertiary/aromatic N) is 2. The number of aryl methyl sites for hydroxylation is 1. The van der Waals surface area contributed by atoms with Crippen LogP contribution < -0.4 is 4.74 Å². The molecule has 18 heavy (non-hydrogen) atoms. The number of hydrogen-bond donors (Lipinski definition) is 0. The van der Waals surface area contributed by atoms with Gasteiger partial charge in [0, 0.05) is 12.4 Å². The molecule has 1 aromatic carbocycles. The van der Waals surface area contributed by atoms with Crippen LogP contribution in [0.4, 0.5) is 0 Å². The van der Waals surface area contributed by atoms with Gasteiger partial charge in [0.2, 0.25) is 0 Å². The van der Waals surface area contributed by atoms with Gasteiger partial charge in [0.1, 0.15) is 17.5 Å². The summed E-state index contributed by atoms with van der Waals surface area (Å²) in [6.45, 7) is 0. The highest BCUT2D eigenvalue weighted by Crippen LogP contribution is 2.28. The van der Waals surface area contributed by atoms with Gasteiger partial charge in [-0.2, -0.15) is 5.26 Å². The molecule has 0 amide bonds. The van der Waals surface area contributed by atoms with Gasteiger partial charge >= 0.3 is 5.97 Å². The fourth-order valence-corrected chi connectivity index (χ4v) is 2.00. The Labute approximate surface area is 104 Å². The second-order valence-electron chi connectivity index (χ2n) is 3.77. The minimum Gasteiger partial charge on any atom is -0.497 e. The number of ether oxygens (including phenoxy) is 2. The van der Waals surface area contributed by atoms with E-state index in [1.807, 2.05) is 6.07 Å². The smallest absolute Gasteiger partial charge is 0.356 e. The molecule has 0 atom stereocenters. The summed E-state index contributed by atoms with van der Waals surface area (Å²) < 4.78 is 11.5. The summed E-state index contributed by atoms with van der Waals surface area (Å²) in [5, 5.41) is 9.91. The van der Waals surface area contributed by atoms with Crippen molar-refractivity contribution >= 4 is 16.9 Å². The van der Waals surface area contributed by atoms with Crippen LogP contribution in [-0.2, 0) is 11.8 Å². The number of carbonyl (C=O) groups excluding carboxylic acids is 1. The molecule has 0 unspecified atom stereocenters. The Kier molecular flexibility index (Phi) is 2.94. The van der Waals surface area contributed by atoms with Gasteiger partial charge in [-0.3, -0.25) is 0 Å². The summed E-state index contributed by atoms with van der Waals surface area (Å²) in [6.07, 6.45) is 0. The average molecular weight is 244 g/mol. The molecular formula is C13H12N2O3. The first-order chi connectivity index (χ1) is 8.63. The van der Waals surface area contributed by atoms with Gasteiger partial charge in [-0.25, -0.2) is 4.79 Å². The van der Waals surface area contributed by atoms with Gasteiger partial charge in [0.05, 0.1) is 25.3 Å². The molecule has 2 rings (SSSR count). The van der Waals surface area contributed by atoms with Gasteiger partial charge in [-0.15, -0.1) is 0 Å². The Morgan fingerprint density at radius 3 is 2.67 bits per heavy atom. The number of nitriles is 1. The highest BCUT2D eigenvalue weighted by molar-refractivity contribution is 6.01. The van der Waals surface area contributed by atoms with Crippen LogP contribution in [0.1, 0.15) is 16.1 Å². The van der Waals surface area contributed by atoms with Crippen LogP contribution in [0.25, 0.3) is 10.9 Å². The quantitative estimate of drug-likeness (QED) is 0.756. The third-order valence-electron chi connectivity index (χ3n) is 2.90. The molecule has 0 radical (unpaired) electrons. The molecule has 5 heteroatoms. The average Bonchev–Trinajstić information content (AvgIpc) is 2.69. The molecule has 0 fully saturated rings. The van der Waals surface area contributed by atoms with Crippen molar-refractivity contribution in [3.8, 4) is 11.8 Å². The zero-order valence-electron chi connectivity index (χ0n) is 10.4. The number of methoxy groups -OCH3 is 2. The van der Waals surface area contributed by atoms with Crippen molar-refractivity contribution in [1.29, 1.82) is 5.26 Å². The van der Waals surface area contributed by atoms with Crippen molar-refractivity contribution < 1.29 is 14.3 Å². The van der Waals surface area contributed by atoms with E-state index in [4.69, 9.17) is 9.47 Å². The van der Waals surface area contributed by atoms with Gasteiger partial charge in [-0.05, 0) is 18.2 Å². The summed E-state index contributed by atoms with van der Waals surface area (Å²) in [5.74, 6) is 0.116. The fraction of sp³-hybridized carbons (Fsp3) is 0.231. The summed E-state index contributed by atoms with van der Waals surface area (Å²) in [5.41, 5.74) is 1.34. The number of benzene rings is 1. The lowest BCUT2D eigenvalue weighted by Gasteiger charge is -2.02. The molecule has 0 spiro atoms. The second kappa shape index (κ2) is 4.41. The first kappa shape index (κ1) is 12.0. The van der Waals surface area contributed by atoms with Gasteiger partial charge in [0.25, 0.3) is 0 Å². The van der Waals surface area contributed by atoms with Crippen molar-refractivity contribution in [2.75, 3.05) is 14.2 Å². The van der Waals surface area contributed by atoms with Crippen LogP contribution in [0.5, 0.6) is 5.75 Å². The molecule has 0 saturated carbocycles. The highest BCUT2D eigenvalue weighted by Gasteiger charge is 2.21. The third kappa shape index (κ3) is 1.59. The Morgan fingerprint density at radius 1 is 1.39 bits per heavy atom. The summed E-state index contributed by atoms with van der Waals surface area (Å²) in [6, 6.07) is 7.37. The predicted molar refractivity (Wildman–Crippen MR) is 65.5 cm³/mol. The van der Waals surface area contributed by atoms with Crippen molar-refractivity contribution in [3.63, 3.8) is 0 Å². The molecule has 0 aliphatic heterocycles. The second-order valence-corrected chi connectivity index (χ2v) is 3.77. The maximum Gasteiger partial charge on any atom is 0.356 e. The molecule has 92 valence electrons. The highest BCUT2D eigenvalue weighted by atomic mass is 16.5. The van der Waals surface area contributed by atoms with Crippen molar-refractivity contribution in [3.05, 3.63) is 29.5 Å². The molecule has 5 nitrogen and oxygen atoms in total. The van der Waals surface area contributed by atoms with E-state index in [1.54, 1.807) is 36.9 Å². The van der Waals surface area contributed by atoms with E-state index in [1.165, 1.54) is 7.11 Å². The maximum atomic E-state index is 11.7. The molecule has 0 bridgehead atoms. The zero-order chi connectivity index (χ0) is 13.3. The Morgan fingerprint density at radius 2 is 2.11 bits per heavy atom. The first-order valence-corrected chi connectivity index (χ1v) is 5.28.